The zero-order chi connectivity index (χ0) is 35.7. The van der Waals surface area contributed by atoms with E-state index in [0.29, 0.717) is 0 Å². The number of allylic oxidation sites excluding steroid dienone is 1. The molecule has 0 spiro atoms. The molecule has 7 aromatic carbocycles. The summed E-state index contributed by atoms with van der Waals surface area (Å²) in [4.78, 5) is 0. The number of aromatic nitrogens is 2. The van der Waals surface area contributed by atoms with E-state index in [4.69, 9.17) is 4.42 Å². The molecule has 3 aromatic heterocycles. The molecule has 0 fully saturated rings. The molecule has 12 rings (SSSR count). The van der Waals surface area contributed by atoms with Crippen molar-refractivity contribution in [2.75, 3.05) is 0 Å². The molecule has 2 aliphatic carbocycles. The zero-order valence-corrected chi connectivity index (χ0v) is 30.2. The second-order valence-corrected chi connectivity index (χ2v) is 15.6. The monoisotopic (exact) mass is 692 g/mol. The van der Waals surface area contributed by atoms with Gasteiger partial charge in [0.25, 0.3) is 0 Å². The molecular formula is C51H36N2O. The third-order valence-electron chi connectivity index (χ3n) is 12.3. The van der Waals surface area contributed by atoms with Crippen molar-refractivity contribution in [2.45, 2.75) is 32.1 Å². The van der Waals surface area contributed by atoms with Crippen LogP contribution >= 0.6 is 0 Å². The summed E-state index contributed by atoms with van der Waals surface area (Å²) in [7, 11) is 0. The van der Waals surface area contributed by atoms with Gasteiger partial charge in [-0.15, -0.1) is 0 Å². The van der Waals surface area contributed by atoms with Crippen molar-refractivity contribution < 1.29 is 4.42 Å². The van der Waals surface area contributed by atoms with E-state index < -0.39 is 0 Å². The summed E-state index contributed by atoms with van der Waals surface area (Å²) in [6.07, 6.45) is 6.47. The Morgan fingerprint density at radius 1 is 0.556 bits per heavy atom. The number of furan rings is 1. The number of para-hydroxylation sites is 3. The van der Waals surface area contributed by atoms with E-state index in [-0.39, 0.29) is 5.41 Å². The fraction of sp³-hybridized carbons (Fsp3) is 0.0980. The van der Waals surface area contributed by atoms with Gasteiger partial charge in [-0.3, -0.25) is 0 Å². The predicted octanol–water partition coefficient (Wildman–Crippen LogP) is 13.6. The van der Waals surface area contributed by atoms with Crippen molar-refractivity contribution in [3.8, 4) is 33.6 Å². The Labute approximate surface area is 313 Å². The maximum atomic E-state index is 6.81. The number of hydrogen-bond donors (Lipinski definition) is 0. The molecule has 0 radical (unpaired) electrons. The number of aryl methyl sites for hydroxylation is 1. The second kappa shape index (κ2) is 10.7. The van der Waals surface area contributed by atoms with E-state index in [1.54, 1.807) is 0 Å². The van der Waals surface area contributed by atoms with Gasteiger partial charge in [0.1, 0.15) is 5.76 Å². The standard InChI is InChI=1S/C51H36N2O/c1-51(2)42-19-9-6-15-34(42)37-25-26-38-41-30-32(31-23-27-44-40(29-31)35-16-7-10-20-43(35)52(44)33-13-4-3-5-14-33)24-28-45(41)53(49(38)48(37)51)46-21-12-18-39-36-17-8-11-22-47(36)54-50(39)46/h3-10,12-21,23-30H,11,22H2,1-2H3. The summed E-state index contributed by atoms with van der Waals surface area (Å²) >= 11 is 0. The van der Waals surface area contributed by atoms with Crippen molar-refractivity contribution >= 4 is 60.7 Å². The fourth-order valence-corrected chi connectivity index (χ4v) is 9.93. The predicted molar refractivity (Wildman–Crippen MR) is 225 cm³/mol. The van der Waals surface area contributed by atoms with Gasteiger partial charge < -0.3 is 13.6 Å². The zero-order valence-electron chi connectivity index (χ0n) is 30.2. The molecule has 0 amide bonds. The van der Waals surface area contributed by atoms with Crippen molar-refractivity contribution in [3.05, 3.63) is 174 Å². The quantitative estimate of drug-likeness (QED) is 0.181. The van der Waals surface area contributed by atoms with Crippen LogP contribution in [0.4, 0.5) is 0 Å². The van der Waals surface area contributed by atoms with Gasteiger partial charge in [-0.25, -0.2) is 0 Å². The van der Waals surface area contributed by atoms with Crippen LogP contribution in [0.25, 0.3) is 94.3 Å². The van der Waals surface area contributed by atoms with Gasteiger partial charge in [-0.1, -0.05) is 123 Å². The summed E-state index contributed by atoms with van der Waals surface area (Å²) in [5.74, 6) is 1.09. The first-order chi connectivity index (χ1) is 26.6. The molecule has 10 aromatic rings. The minimum Gasteiger partial charge on any atom is -0.458 e. The van der Waals surface area contributed by atoms with Crippen molar-refractivity contribution in [3.63, 3.8) is 0 Å². The molecule has 0 N–H and O–H groups in total. The third-order valence-corrected chi connectivity index (χ3v) is 12.3. The molecule has 0 bridgehead atoms. The Bertz CT molecular complexity index is 3240. The summed E-state index contributed by atoms with van der Waals surface area (Å²) < 4.78 is 11.7. The first-order valence-electron chi connectivity index (χ1n) is 19.1. The lowest BCUT2D eigenvalue weighted by atomic mass is 9.81. The Balaban J connectivity index is 1.14. The van der Waals surface area contributed by atoms with Crippen LogP contribution in [-0.2, 0) is 11.8 Å². The van der Waals surface area contributed by atoms with Gasteiger partial charge in [-0.2, -0.15) is 0 Å². The lowest BCUT2D eigenvalue weighted by Crippen LogP contribution is -2.16. The topological polar surface area (TPSA) is 23.0 Å². The highest BCUT2D eigenvalue weighted by atomic mass is 16.3. The molecule has 3 nitrogen and oxygen atoms in total. The van der Waals surface area contributed by atoms with Crippen LogP contribution in [0.2, 0.25) is 0 Å². The van der Waals surface area contributed by atoms with Crippen LogP contribution in [0.15, 0.2) is 156 Å². The number of hydrogen-bond acceptors (Lipinski definition) is 1. The normalized spacial score (nSPS) is 14.4. The highest BCUT2D eigenvalue weighted by Gasteiger charge is 2.38. The smallest absolute Gasteiger partial charge is 0.158 e. The highest BCUT2D eigenvalue weighted by Crippen LogP contribution is 2.53. The first kappa shape index (κ1) is 29.9. The molecule has 0 saturated carbocycles. The van der Waals surface area contributed by atoms with Crippen LogP contribution < -0.4 is 0 Å². The number of nitrogens with zero attached hydrogens (tertiary/aromatic N) is 2. The van der Waals surface area contributed by atoms with Gasteiger partial charge in [0.05, 0.1) is 27.8 Å². The van der Waals surface area contributed by atoms with Gasteiger partial charge in [0.15, 0.2) is 5.58 Å². The van der Waals surface area contributed by atoms with Gasteiger partial charge >= 0.3 is 0 Å². The SMILES string of the molecule is CC1(C)c2ccccc2-c2ccc3c4cc(-c5ccc6c(c5)c5ccccc5n6-c5ccccc5)ccc4n(-c4cccc5c6c(oc45)CCC=C6)c3c21. The maximum absolute atomic E-state index is 6.81. The highest BCUT2D eigenvalue weighted by molar-refractivity contribution is 6.16. The molecule has 0 aliphatic heterocycles. The van der Waals surface area contributed by atoms with E-state index in [1.165, 1.54) is 93.6 Å². The minimum absolute atomic E-state index is 0.183. The summed E-state index contributed by atoms with van der Waals surface area (Å²) in [5, 5.41) is 6.22. The minimum atomic E-state index is -0.183. The Morgan fingerprint density at radius 3 is 2.11 bits per heavy atom. The Hall–Kier alpha value is -6.58. The first-order valence-corrected chi connectivity index (χ1v) is 19.1. The molecule has 3 heterocycles. The average Bonchev–Trinajstić information content (AvgIpc) is 3.93. The lowest BCUT2D eigenvalue weighted by Gasteiger charge is -2.23. The Morgan fingerprint density at radius 2 is 1.26 bits per heavy atom. The largest absolute Gasteiger partial charge is 0.458 e. The third kappa shape index (κ3) is 3.91. The average molecular weight is 693 g/mol. The lowest BCUT2D eigenvalue weighted by molar-refractivity contribution is 0.545. The van der Waals surface area contributed by atoms with E-state index in [1.807, 2.05) is 0 Å². The van der Waals surface area contributed by atoms with Crippen molar-refractivity contribution in [1.29, 1.82) is 0 Å². The van der Waals surface area contributed by atoms with Crippen molar-refractivity contribution in [2.24, 2.45) is 0 Å². The Kier molecular flexibility index (Phi) is 5.96. The van der Waals surface area contributed by atoms with E-state index in [2.05, 4.69) is 181 Å². The second-order valence-electron chi connectivity index (χ2n) is 15.6. The summed E-state index contributed by atoms with van der Waals surface area (Å²) in [6.45, 7) is 4.78. The van der Waals surface area contributed by atoms with Gasteiger partial charge in [0, 0.05) is 50.0 Å². The van der Waals surface area contributed by atoms with Crippen LogP contribution in [-0.4, -0.2) is 9.13 Å². The molecule has 0 saturated heterocycles. The molecule has 54 heavy (non-hydrogen) atoms. The summed E-state index contributed by atoms with van der Waals surface area (Å²) in [6, 6.07) is 53.8. The van der Waals surface area contributed by atoms with E-state index >= 15 is 0 Å². The van der Waals surface area contributed by atoms with Gasteiger partial charge in [-0.05, 0) is 88.3 Å². The van der Waals surface area contributed by atoms with Crippen LogP contribution in [0, 0.1) is 0 Å². The van der Waals surface area contributed by atoms with Crippen LogP contribution in [0.5, 0.6) is 0 Å². The van der Waals surface area contributed by atoms with Crippen LogP contribution in [0.1, 0.15) is 42.7 Å². The molecule has 0 unspecified atom stereocenters. The molecule has 0 atom stereocenters. The van der Waals surface area contributed by atoms with E-state index in [9.17, 15) is 0 Å². The van der Waals surface area contributed by atoms with Crippen molar-refractivity contribution in [1.82, 2.24) is 9.13 Å². The fourth-order valence-electron chi connectivity index (χ4n) is 9.93. The molecule has 2 aliphatic rings. The van der Waals surface area contributed by atoms with Gasteiger partial charge in [0.2, 0.25) is 0 Å². The van der Waals surface area contributed by atoms with Crippen LogP contribution in [0.3, 0.4) is 0 Å². The molecule has 256 valence electrons. The molecule has 3 heteroatoms. The van der Waals surface area contributed by atoms with E-state index in [0.717, 1.165) is 29.9 Å². The maximum Gasteiger partial charge on any atom is 0.158 e. The number of benzene rings is 7. The number of rotatable bonds is 3. The summed E-state index contributed by atoms with van der Waals surface area (Å²) in [5.41, 5.74) is 17.0. The molecular weight excluding hydrogens is 657 g/mol. The number of fused-ring (bicyclic) bond motifs is 13.